The highest BCUT2D eigenvalue weighted by Crippen LogP contribution is 2.42. The maximum atomic E-state index is 10.0. The summed E-state index contributed by atoms with van der Waals surface area (Å²) in [6.07, 6.45) is 5.54. The molecule has 20 heavy (non-hydrogen) atoms. The van der Waals surface area contributed by atoms with Crippen molar-refractivity contribution in [3.63, 3.8) is 0 Å². The van der Waals surface area contributed by atoms with Crippen molar-refractivity contribution in [2.75, 3.05) is 0 Å². The van der Waals surface area contributed by atoms with Gasteiger partial charge < -0.3 is 14.6 Å². The highest BCUT2D eigenvalue weighted by atomic mass is 16.8. The van der Waals surface area contributed by atoms with Crippen molar-refractivity contribution in [3.05, 3.63) is 35.9 Å². The summed E-state index contributed by atoms with van der Waals surface area (Å²) in [5, 5.41) is 10.0. The van der Waals surface area contributed by atoms with Gasteiger partial charge in [-0.15, -0.1) is 0 Å². The van der Waals surface area contributed by atoms with Crippen LogP contribution in [0.1, 0.15) is 44.6 Å². The van der Waals surface area contributed by atoms with Crippen LogP contribution < -0.4 is 0 Å². The fourth-order valence-electron chi connectivity index (χ4n) is 3.43. The molecule has 1 saturated heterocycles. The third-order valence-electron chi connectivity index (χ3n) is 4.45. The van der Waals surface area contributed by atoms with Crippen LogP contribution in [-0.2, 0) is 15.9 Å². The lowest BCUT2D eigenvalue weighted by molar-refractivity contribution is -0.199. The summed E-state index contributed by atoms with van der Waals surface area (Å²) >= 11 is 0. The summed E-state index contributed by atoms with van der Waals surface area (Å²) in [5.41, 5.74) is 1.24. The van der Waals surface area contributed by atoms with E-state index in [0.717, 1.165) is 32.1 Å². The lowest BCUT2D eigenvalue weighted by Crippen LogP contribution is -2.35. The number of hydrogen-bond donors (Lipinski definition) is 1. The first-order chi connectivity index (χ1) is 9.69. The monoisotopic (exact) mass is 276 g/mol. The summed E-state index contributed by atoms with van der Waals surface area (Å²) in [6, 6.07) is 10.3. The van der Waals surface area contributed by atoms with Crippen LogP contribution in [0.5, 0.6) is 0 Å². The van der Waals surface area contributed by atoms with Crippen molar-refractivity contribution in [1.29, 1.82) is 0 Å². The number of rotatable bonds is 3. The number of aliphatic hydroxyl groups is 1. The molecule has 3 heteroatoms. The lowest BCUT2D eigenvalue weighted by atomic mass is 9.94. The van der Waals surface area contributed by atoms with Crippen LogP contribution in [0.15, 0.2) is 30.3 Å². The van der Waals surface area contributed by atoms with Crippen LogP contribution in [-0.4, -0.2) is 29.2 Å². The number of ether oxygens (including phenoxy) is 2. The van der Waals surface area contributed by atoms with Gasteiger partial charge in [-0.25, -0.2) is 0 Å². The largest absolute Gasteiger partial charge is 0.391 e. The second-order valence-corrected chi connectivity index (χ2v) is 6.14. The highest BCUT2D eigenvalue weighted by Gasteiger charge is 2.49. The Kier molecular flexibility index (Phi) is 4.11. The van der Waals surface area contributed by atoms with Gasteiger partial charge in [0.25, 0.3) is 0 Å². The van der Waals surface area contributed by atoms with Gasteiger partial charge in [0, 0.05) is 19.3 Å². The number of benzene rings is 1. The van der Waals surface area contributed by atoms with Gasteiger partial charge in [0.1, 0.15) is 6.10 Å². The zero-order valence-corrected chi connectivity index (χ0v) is 12.1. The summed E-state index contributed by atoms with van der Waals surface area (Å²) in [4.78, 5) is 0. The Morgan fingerprint density at radius 2 is 1.85 bits per heavy atom. The molecule has 3 atom stereocenters. The summed E-state index contributed by atoms with van der Waals surface area (Å²) in [5.74, 6) is -0.431. The molecular formula is C17H24O3. The summed E-state index contributed by atoms with van der Waals surface area (Å²) in [6.45, 7) is 1.80. The Morgan fingerprint density at radius 1 is 1.15 bits per heavy atom. The minimum Gasteiger partial charge on any atom is -0.391 e. The molecule has 1 aliphatic carbocycles. The molecule has 110 valence electrons. The maximum Gasteiger partial charge on any atom is 0.169 e. The van der Waals surface area contributed by atoms with E-state index in [2.05, 4.69) is 12.1 Å². The zero-order chi connectivity index (χ0) is 14.0. The normalized spacial score (nSPS) is 30.5. The molecule has 1 unspecified atom stereocenters. The zero-order valence-electron chi connectivity index (χ0n) is 12.1. The van der Waals surface area contributed by atoms with E-state index < -0.39 is 11.9 Å². The molecule has 1 aromatic carbocycles. The minimum atomic E-state index is -0.495. The van der Waals surface area contributed by atoms with Crippen LogP contribution in [0.2, 0.25) is 0 Å². The van der Waals surface area contributed by atoms with Crippen molar-refractivity contribution in [1.82, 2.24) is 0 Å². The van der Waals surface area contributed by atoms with Gasteiger partial charge >= 0.3 is 0 Å². The van der Waals surface area contributed by atoms with Crippen molar-refractivity contribution < 1.29 is 14.6 Å². The Labute approximate surface area is 120 Å². The van der Waals surface area contributed by atoms with Gasteiger partial charge in [0.2, 0.25) is 0 Å². The molecule has 0 amide bonds. The van der Waals surface area contributed by atoms with Crippen molar-refractivity contribution in [2.45, 2.75) is 69.5 Å². The minimum absolute atomic E-state index is 0.0458. The average molecular weight is 276 g/mol. The van der Waals surface area contributed by atoms with Crippen LogP contribution in [0.4, 0.5) is 0 Å². The molecule has 1 aromatic rings. The van der Waals surface area contributed by atoms with Gasteiger partial charge in [-0.05, 0) is 25.3 Å². The van der Waals surface area contributed by atoms with E-state index in [4.69, 9.17) is 9.47 Å². The Balaban J connectivity index is 1.74. The Hall–Kier alpha value is -0.900. The van der Waals surface area contributed by atoms with E-state index in [1.807, 2.05) is 18.2 Å². The molecule has 1 heterocycles. The third-order valence-corrected chi connectivity index (χ3v) is 4.45. The first-order valence-electron chi connectivity index (χ1n) is 7.76. The van der Waals surface area contributed by atoms with Gasteiger partial charge in [0.15, 0.2) is 5.79 Å². The first kappa shape index (κ1) is 14.1. The molecule has 3 rings (SSSR count). The molecule has 0 radical (unpaired) electrons. The molecule has 0 aromatic heterocycles. The molecule has 1 N–H and O–H groups in total. The molecular weight excluding hydrogens is 252 g/mol. The average Bonchev–Trinajstić information content (AvgIpc) is 2.79. The Bertz CT molecular complexity index is 423. The Morgan fingerprint density at radius 3 is 2.50 bits per heavy atom. The number of aliphatic hydroxyl groups excluding tert-OH is 1. The van der Waals surface area contributed by atoms with Crippen molar-refractivity contribution in [3.8, 4) is 0 Å². The van der Waals surface area contributed by atoms with E-state index in [-0.39, 0.29) is 12.2 Å². The predicted molar refractivity (Wildman–Crippen MR) is 77.4 cm³/mol. The first-order valence-corrected chi connectivity index (χ1v) is 7.76. The lowest BCUT2D eigenvalue weighted by Gasteiger charge is -2.32. The maximum absolute atomic E-state index is 10.0. The molecule has 1 spiro atoms. The van der Waals surface area contributed by atoms with E-state index in [9.17, 15) is 5.11 Å². The van der Waals surface area contributed by atoms with Gasteiger partial charge in [-0.3, -0.25) is 0 Å². The fraction of sp³-hybridized carbons (Fsp3) is 0.647. The molecule has 3 nitrogen and oxygen atoms in total. The summed E-state index contributed by atoms with van der Waals surface area (Å²) in [7, 11) is 0. The van der Waals surface area contributed by atoms with Crippen LogP contribution in [0.3, 0.4) is 0 Å². The fourth-order valence-corrected chi connectivity index (χ4v) is 3.43. The molecule has 2 fully saturated rings. The topological polar surface area (TPSA) is 38.7 Å². The van der Waals surface area contributed by atoms with E-state index in [0.29, 0.717) is 0 Å². The molecule has 0 bridgehead atoms. The predicted octanol–water partition coefficient (Wildman–Crippen LogP) is 3.05. The third kappa shape index (κ3) is 2.90. The molecule has 1 saturated carbocycles. The summed E-state index contributed by atoms with van der Waals surface area (Å²) < 4.78 is 12.4. The van der Waals surface area contributed by atoms with Crippen molar-refractivity contribution >= 4 is 0 Å². The van der Waals surface area contributed by atoms with E-state index in [1.165, 1.54) is 12.0 Å². The quantitative estimate of drug-likeness (QED) is 0.922. The standard InChI is InChI=1S/C17H24O3/c1-13(18)16-15(12-14-8-4-2-5-9-14)19-17(20-16)10-6-3-7-11-17/h2,4-5,8-9,13,15-16,18H,3,6-7,10-12H2,1H3/t13?,15-,16-/m0/s1. The van der Waals surface area contributed by atoms with Crippen LogP contribution >= 0.6 is 0 Å². The van der Waals surface area contributed by atoms with Gasteiger partial charge in [-0.2, -0.15) is 0 Å². The van der Waals surface area contributed by atoms with Crippen LogP contribution in [0, 0.1) is 0 Å². The van der Waals surface area contributed by atoms with Gasteiger partial charge in [-0.1, -0.05) is 36.8 Å². The van der Waals surface area contributed by atoms with Gasteiger partial charge in [0.05, 0.1) is 12.2 Å². The van der Waals surface area contributed by atoms with Crippen LogP contribution in [0.25, 0.3) is 0 Å². The van der Waals surface area contributed by atoms with E-state index in [1.54, 1.807) is 6.92 Å². The second kappa shape index (κ2) is 5.84. The second-order valence-electron chi connectivity index (χ2n) is 6.14. The van der Waals surface area contributed by atoms with E-state index >= 15 is 0 Å². The highest BCUT2D eigenvalue weighted by molar-refractivity contribution is 5.16. The smallest absolute Gasteiger partial charge is 0.169 e. The van der Waals surface area contributed by atoms with Crippen molar-refractivity contribution in [2.24, 2.45) is 0 Å². The SMILES string of the molecule is CC(O)[C@@H]1OC2(CCCCC2)O[C@H]1Cc1ccccc1. The molecule has 2 aliphatic rings. The molecule has 1 aliphatic heterocycles. The number of hydrogen-bond acceptors (Lipinski definition) is 3.